The average Bonchev–Trinajstić information content (AvgIpc) is 3.33. The Morgan fingerprint density at radius 2 is 1.68 bits per heavy atom. The highest BCUT2D eigenvalue weighted by atomic mass is 79.9. The van der Waals surface area contributed by atoms with Crippen molar-refractivity contribution in [2.75, 3.05) is 24.6 Å². The number of imidazole rings is 1. The Hall–Kier alpha value is -0.360. The summed E-state index contributed by atoms with van der Waals surface area (Å²) in [5, 5.41) is 21.0. The smallest absolute Gasteiger partial charge is 0.387 e. The number of alkyl halides is 2. The molecule has 218 valence electrons. The van der Waals surface area contributed by atoms with E-state index in [1.165, 1.54) is 17.2 Å². The number of aliphatic hydroxyl groups is 2. The molecule has 1 aliphatic rings. The number of nitrogens with zero attached hydrogens (tertiary/aromatic N) is 5. The van der Waals surface area contributed by atoms with E-state index in [1.807, 2.05) is 18.7 Å². The molecule has 6 unspecified atom stereocenters. The van der Waals surface area contributed by atoms with E-state index in [2.05, 4.69) is 55.6 Å². The van der Waals surface area contributed by atoms with Crippen molar-refractivity contribution < 1.29 is 57.1 Å². The largest absolute Gasteiger partial charge is 0.479 e. The molecule has 2 aromatic heterocycles. The standard InChI is InChI=1S/C15H24Br2N5O12P3.CH4/c1-3-21(4-2)12-9-13(19-6-18-12)22(7-20-9)14-11(24)10(23)8(33-14)5-32-37(30,31)34-36(28,29)15(16,17)35(25,26)27;/h6-8,10-11,14,23-24H,3-5H2,1-2H3,(H,28,29)(H,30,31)(H2,25,26,27);1H4. The van der Waals surface area contributed by atoms with Crippen LogP contribution in [0, 0.1) is 0 Å². The van der Waals surface area contributed by atoms with Crippen molar-refractivity contribution in [3.05, 3.63) is 12.7 Å². The van der Waals surface area contributed by atoms with Crippen LogP contribution in [0.3, 0.4) is 0 Å². The molecule has 0 aliphatic carbocycles. The molecule has 0 radical (unpaired) electrons. The van der Waals surface area contributed by atoms with Crippen LogP contribution in [-0.2, 0) is 27.3 Å². The number of hydrogen-bond acceptors (Lipinski definition) is 12. The Bertz CT molecular complexity index is 1270. The van der Waals surface area contributed by atoms with Gasteiger partial charge in [0.15, 0.2) is 23.2 Å². The second-order valence-corrected chi connectivity index (χ2v) is 19.2. The van der Waals surface area contributed by atoms with Crippen LogP contribution < -0.4 is 4.90 Å². The van der Waals surface area contributed by atoms with E-state index in [9.17, 15) is 43.5 Å². The van der Waals surface area contributed by atoms with Crippen molar-refractivity contribution in [3.63, 3.8) is 0 Å². The summed E-state index contributed by atoms with van der Waals surface area (Å²) in [6.45, 7) is 4.21. The average molecular weight is 735 g/mol. The van der Waals surface area contributed by atoms with Gasteiger partial charge >= 0.3 is 23.0 Å². The van der Waals surface area contributed by atoms with Crippen LogP contribution in [0.4, 0.5) is 5.82 Å². The van der Waals surface area contributed by atoms with E-state index in [0.29, 0.717) is 24.4 Å². The minimum atomic E-state index is -5.58. The van der Waals surface area contributed by atoms with E-state index in [0.717, 1.165) is 0 Å². The van der Waals surface area contributed by atoms with Crippen LogP contribution >= 0.6 is 54.9 Å². The molecule has 2 aromatic rings. The first-order chi connectivity index (χ1) is 17.0. The van der Waals surface area contributed by atoms with Crippen LogP contribution in [0.2, 0.25) is 0 Å². The summed E-state index contributed by atoms with van der Waals surface area (Å²) in [6, 6.07) is 0. The Morgan fingerprint density at radius 1 is 1.08 bits per heavy atom. The number of aliphatic hydroxyl groups excluding tert-OH is 2. The van der Waals surface area contributed by atoms with Crippen molar-refractivity contribution in [1.29, 1.82) is 0 Å². The number of halogens is 2. The van der Waals surface area contributed by atoms with Gasteiger partial charge in [0.2, 0.25) is 0 Å². The van der Waals surface area contributed by atoms with Crippen LogP contribution in [0.25, 0.3) is 11.2 Å². The summed E-state index contributed by atoms with van der Waals surface area (Å²) in [6.07, 6.45) is -3.33. The molecule has 22 heteroatoms. The maximum atomic E-state index is 12.2. The minimum Gasteiger partial charge on any atom is -0.387 e. The third-order valence-electron chi connectivity index (χ3n) is 5.32. The monoisotopic (exact) mass is 733 g/mol. The van der Waals surface area contributed by atoms with E-state index < -0.39 is 56.9 Å². The molecule has 17 nitrogen and oxygen atoms in total. The molecular formula is C16H28Br2N5O12P3. The summed E-state index contributed by atoms with van der Waals surface area (Å²) < 4.78 is 48.5. The first-order valence-corrected chi connectivity index (χ1v) is 16.6. The number of phosphoric ester groups is 1. The number of ether oxygens (including phenoxy) is 1. The second-order valence-electron chi connectivity index (χ2n) is 7.66. The van der Waals surface area contributed by atoms with Crippen LogP contribution in [0.1, 0.15) is 27.5 Å². The zero-order valence-electron chi connectivity index (χ0n) is 19.1. The van der Waals surface area contributed by atoms with Gasteiger partial charge in [0.1, 0.15) is 24.6 Å². The lowest BCUT2D eigenvalue weighted by Gasteiger charge is -2.27. The fourth-order valence-electron chi connectivity index (χ4n) is 3.42. The number of anilines is 1. The lowest BCUT2D eigenvalue weighted by atomic mass is 10.1. The lowest BCUT2D eigenvalue weighted by Crippen LogP contribution is -2.33. The molecule has 6 N–H and O–H groups in total. The molecule has 0 saturated carbocycles. The van der Waals surface area contributed by atoms with Crippen molar-refractivity contribution >= 4 is 71.9 Å². The molecular weight excluding hydrogens is 707 g/mol. The SMILES string of the molecule is C.CCN(CC)c1ncnc2c1ncn2C1OC(COP(=O)(O)OP(=O)(O)C(Br)(Br)P(=O)(O)O)C(O)C1O. The van der Waals surface area contributed by atoms with Gasteiger partial charge in [0.25, 0.3) is 2.72 Å². The van der Waals surface area contributed by atoms with E-state index in [1.54, 1.807) is 0 Å². The van der Waals surface area contributed by atoms with Gasteiger partial charge < -0.3 is 39.4 Å². The Balaban J connectivity index is 0.00000507. The highest BCUT2D eigenvalue weighted by Gasteiger charge is 2.61. The van der Waals surface area contributed by atoms with E-state index >= 15 is 0 Å². The maximum Gasteiger partial charge on any atom is 0.479 e. The maximum absolute atomic E-state index is 12.2. The van der Waals surface area contributed by atoms with Gasteiger partial charge in [0.05, 0.1) is 12.9 Å². The molecule has 38 heavy (non-hydrogen) atoms. The minimum absolute atomic E-state index is 0. The number of hydrogen-bond donors (Lipinski definition) is 6. The van der Waals surface area contributed by atoms with Gasteiger partial charge in [-0.05, 0) is 45.7 Å². The molecule has 6 atom stereocenters. The van der Waals surface area contributed by atoms with Crippen molar-refractivity contribution in [1.82, 2.24) is 19.5 Å². The first kappa shape index (κ1) is 33.8. The molecule has 1 saturated heterocycles. The molecule has 0 spiro atoms. The van der Waals surface area contributed by atoms with Crippen LogP contribution in [-0.4, -0.2) is 90.0 Å². The number of phosphoric acid groups is 1. The van der Waals surface area contributed by atoms with Crippen molar-refractivity contribution in [2.45, 2.75) is 48.5 Å². The molecule has 0 aromatic carbocycles. The first-order valence-electron chi connectivity index (χ1n) is 10.4. The third kappa shape index (κ3) is 6.58. The predicted octanol–water partition coefficient (Wildman–Crippen LogP) is 1.83. The molecule has 1 fully saturated rings. The summed E-state index contributed by atoms with van der Waals surface area (Å²) in [5.41, 5.74) is 0.678. The van der Waals surface area contributed by atoms with E-state index in [4.69, 9.17) is 4.74 Å². The van der Waals surface area contributed by atoms with Gasteiger partial charge in [-0.15, -0.1) is 0 Å². The fraction of sp³-hybridized carbons (Fsp3) is 0.688. The molecule has 1 aliphatic heterocycles. The van der Waals surface area contributed by atoms with Gasteiger partial charge in [0, 0.05) is 13.1 Å². The topological polar surface area (TPSA) is 247 Å². The number of rotatable bonds is 11. The lowest BCUT2D eigenvalue weighted by molar-refractivity contribution is -0.0501. The highest BCUT2D eigenvalue weighted by Crippen LogP contribution is 2.81. The molecule has 3 rings (SSSR count). The van der Waals surface area contributed by atoms with Crippen LogP contribution in [0.5, 0.6) is 0 Å². The second kappa shape index (κ2) is 12.2. The summed E-state index contributed by atoms with van der Waals surface area (Å²) in [4.78, 5) is 52.8. The summed E-state index contributed by atoms with van der Waals surface area (Å²) in [5.74, 6) is 0.540. The number of fused-ring (bicyclic) bond motifs is 1. The normalized spacial score (nSPS) is 25.5. The Labute approximate surface area is 233 Å². The van der Waals surface area contributed by atoms with E-state index in [-0.39, 0.29) is 13.1 Å². The van der Waals surface area contributed by atoms with Gasteiger partial charge in [-0.25, -0.2) is 23.8 Å². The summed E-state index contributed by atoms with van der Waals surface area (Å²) in [7, 11) is -16.4. The van der Waals surface area contributed by atoms with Crippen molar-refractivity contribution in [2.24, 2.45) is 0 Å². The van der Waals surface area contributed by atoms with Crippen LogP contribution in [0.15, 0.2) is 12.7 Å². The molecule has 3 heterocycles. The molecule has 0 amide bonds. The predicted molar refractivity (Wildman–Crippen MR) is 141 cm³/mol. The third-order valence-corrected chi connectivity index (χ3v) is 15.9. The summed E-state index contributed by atoms with van der Waals surface area (Å²) >= 11 is 4.58. The Morgan fingerprint density at radius 3 is 2.24 bits per heavy atom. The van der Waals surface area contributed by atoms with Gasteiger partial charge in [-0.2, -0.15) is 0 Å². The van der Waals surface area contributed by atoms with Gasteiger partial charge in [-0.1, -0.05) is 7.43 Å². The fourth-order valence-corrected chi connectivity index (χ4v) is 8.27. The van der Waals surface area contributed by atoms with Gasteiger partial charge in [-0.3, -0.25) is 18.2 Å². The zero-order chi connectivity index (χ0) is 28.0. The number of aromatic nitrogens is 4. The quantitative estimate of drug-likeness (QED) is 0.142. The Kier molecular flexibility index (Phi) is 10.9. The highest BCUT2D eigenvalue weighted by molar-refractivity contribution is 9.29. The van der Waals surface area contributed by atoms with Crippen molar-refractivity contribution in [3.8, 4) is 0 Å². The zero-order valence-corrected chi connectivity index (χ0v) is 24.9. The molecule has 0 bridgehead atoms.